The quantitative estimate of drug-likeness (QED) is 0.0398. The van der Waals surface area contributed by atoms with Crippen molar-refractivity contribution in [1.29, 1.82) is 0 Å². The summed E-state index contributed by atoms with van der Waals surface area (Å²) in [5.41, 5.74) is 0. The predicted molar refractivity (Wildman–Crippen MR) is 138 cm³/mol. The van der Waals surface area contributed by atoms with Crippen molar-refractivity contribution in [1.82, 2.24) is 0 Å². The molecule has 4 aliphatic rings. The molecule has 0 saturated carbocycles. The minimum absolute atomic E-state index is 0.120. The number of hydrogen-bond acceptors (Lipinski definition) is 20. The highest BCUT2D eigenvalue weighted by Crippen LogP contribution is 2.34. The van der Waals surface area contributed by atoms with Gasteiger partial charge in [-0.3, -0.25) is 9.22 Å². The van der Waals surface area contributed by atoms with Crippen molar-refractivity contribution in [3.8, 4) is 0 Å². The van der Waals surface area contributed by atoms with Gasteiger partial charge in [0.25, 0.3) is 0 Å². The molecule has 4 saturated heterocycles. The molecule has 17 unspecified atom stereocenters. The fourth-order valence-electron chi connectivity index (χ4n) is 5.86. The molecule has 0 aromatic heterocycles. The lowest BCUT2D eigenvalue weighted by Gasteiger charge is -2.47. The molecule has 0 amide bonds. The van der Waals surface area contributed by atoms with Crippen molar-refractivity contribution >= 4 is 16.7 Å². The molecule has 46 heavy (non-hydrogen) atoms. The van der Waals surface area contributed by atoms with Crippen LogP contribution in [0.4, 0.5) is 0 Å². The van der Waals surface area contributed by atoms with E-state index in [-0.39, 0.29) is 6.61 Å². The van der Waals surface area contributed by atoms with E-state index in [1.54, 1.807) is 13.8 Å². The third-order valence-electron chi connectivity index (χ3n) is 8.45. The summed E-state index contributed by atoms with van der Waals surface area (Å²) >= 11 is 0. The predicted octanol–water partition coefficient (Wildman–Crippen LogP) is -4.76. The van der Waals surface area contributed by atoms with Crippen LogP contribution >= 0.6 is 0 Å². The van der Waals surface area contributed by atoms with Crippen molar-refractivity contribution in [2.45, 2.75) is 132 Å². The summed E-state index contributed by atoms with van der Waals surface area (Å²) in [7, 11) is -5.33. The second-order valence-electron chi connectivity index (χ2n) is 11.4. The average molecular weight is 693 g/mol. The van der Waals surface area contributed by atoms with E-state index in [9.17, 15) is 48.6 Å². The highest BCUT2D eigenvalue weighted by atomic mass is 32.3. The van der Waals surface area contributed by atoms with Crippen LogP contribution in [0.3, 0.4) is 0 Å². The normalized spacial score (nSPS) is 47.1. The largest absolute Gasteiger partial charge is 0.726 e. The fraction of sp³-hybridized carbons (Fsp3) is 0.960. The minimum atomic E-state index is -5.33. The van der Waals surface area contributed by atoms with E-state index < -0.39 is 121 Å². The highest BCUT2D eigenvalue weighted by molar-refractivity contribution is 7.80. The zero-order valence-corrected chi connectivity index (χ0v) is 25.8. The van der Waals surface area contributed by atoms with Gasteiger partial charge in [-0.25, -0.2) is 13.3 Å². The summed E-state index contributed by atoms with van der Waals surface area (Å²) in [6, 6.07) is 0. The Hall–Kier alpha value is -1.06. The van der Waals surface area contributed by atoms with Gasteiger partial charge in [0.05, 0.1) is 31.5 Å². The first kappa shape index (κ1) is 37.8. The van der Waals surface area contributed by atoms with E-state index in [0.29, 0.717) is 19.1 Å². The van der Waals surface area contributed by atoms with Crippen LogP contribution in [0.15, 0.2) is 0 Å². The molecule has 5 N–H and O–H groups in total. The molecule has 0 aromatic rings. The second kappa shape index (κ2) is 16.1. The lowest BCUT2D eigenvalue weighted by molar-refractivity contribution is -0.809. The molecule has 4 heterocycles. The molecule has 4 aliphatic heterocycles. The number of aliphatic hydroxyl groups is 5. The summed E-state index contributed by atoms with van der Waals surface area (Å²) in [4.78, 5) is 15.8. The summed E-state index contributed by atoms with van der Waals surface area (Å²) in [6.07, 6.45) is -22.4. The first-order valence-corrected chi connectivity index (χ1v) is 16.0. The Balaban J connectivity index is 1.41. The number of aliphatic hydroxyl groups excluding tert-OH is 5. The van der Waals surface area contributed by atoms with E-state index in [1.807, 2.05) is 0 Å². The maximum Gasteiger partial charge on any atom is 0.218 e. The van der Waals surface area contributed by atoms with Gasteiger partial charge in [-0.15, -0.1) is 0 Å². The zero-order valence-electron chi connectivity index (χ0n) is 25.0. The fourth-order valence-corrected chi connectivity index (χ4v) is 6.34. The van der Waals surface area contributed by atoms with Crippen LogP contribution in [0.2, 0.25) is 0 Å². The van der Waals surface area contributed by atoms with Gasteiger partial charge >= 0.3 is 0 Å². The van der Waals surface area contributed by atoms with Crippen LogP contribution < -0.4 is 5.26 Å². The van der Waals surface area contributed by atoms with E-state index in [1.165, 1.54) is 6.92 Å². The Morgan fingerprint density at radius 2 is 1.46 bits per heavy atom. The smallest absolute Gasteiger partial charge is 0.218 e. The van der Waals surface area contributed by atoms with E-state index in [2.05, 4.69) is 14.1 Å². The average Bonchev–Trinajstić information content (AvgIpc) is 3.31. The molecular weight excluding hydrogens is 652 g/mol. The van der Waals surface area contributed by atoms with Crippen LogP contribution in [-0.4, -0.2) is 156 Å². The van der Waals surface area contributed by atoms with Gasteiger partial charge in [-0.2, -0.15) is 0 Å². The van der Waals surface area contributed by atoms with Crippen LogP contribution in [0, 0.1) is 5.92 Å². The van der Waals surface area contributed by atoms with Gasteiger partial charge in [0.15, 0.2) is 37.4 Å². The van der Waals surface area contributed by atoms with Gasteiger partial charge in [-0.1, -0.05) is 13.8 Å². The number of aldehydes is 1. The first-order chi connectivity index (χ1) is 21.7. The van der Waals surface area contributed by atoms with Gasteiger partial charge in [0, 0.05) is 5.92 Å². The lowest BCUT2D eigenvalue weighted by atomic mass is 9.93. The molecule has 20 nitrogen and oxygen atoms in total. The standard InChI is InChI=1S/C25H42O20S/c1-4-10-7-36-24(22(14(10)27)44-46(33,34)35)41-19-9(3)38-25(21(18(19)31)43-45-32)40-13-8-37-23(17(30)15(13)28)42-20-11(5-2)39-12(6-26)16(20)29/h6,9-25,27-32H,4-5,7-8H2,1-3H3,(H,33,34,35)/p-2. The molecule has 0 spiro atoms. The Bertz CT molecular complexity index is 1080. The van der Waals surface area contributed by atoms with E-state index in [4.69, 9.17) is 33.2 Å². The molecule has 4 fully saturated rings. The Labute approximate surface area is 263 Å². The third kappa shape index (κ3) is 8.38. The second-order valence-corrected chi connectivity index (χ2v) is 12.4. The van der Waals surface area contributed by atoms with Crippen molar-refractivity contribution < 1.29 is 95.8 Å². The summed E-state index contributed by atoms with van der Waals surface area (Å²) in [6.45, 7) is 4.24. The van der Waals surface area contributed by atoms with Gasteiger partial charge in [-0.05, 0) is 19.8 Å². The van der Waals surface area contributed by atoms with Crippen LogP contribution in [0.1, 0.15) is 33.6 Å². The maximum absolute atomic E-state index is 11.4. The monoisotopic (exact) mass is 692 g/mol. The first-order valence-electron chi connectivity index (χ1n) is 14.7. The molecular formula is C25H40O20S-2. The Kier molecular flexibility index (Phi) is 13.2. The van der Waals surface area contributed by atoms with Gasteiger partial charge in [0.1, 0.15) is 48.8 Å². The number of hydrogen-bond donors (Lipinski definition) is 5. The van der Waals surface area contributed by atoms with Crippen molar-refractivity contribution in [2.24, 2.45) is 5.92 Å². The van der Waals surface area contributed by atoms with Crippen LogP contribution in [0.25, 0.3) is 0 Å². The Morgan fingerprint density at radius 3 is 2.07 bits per heavy atom. The number of carbonyl (C=O) groups is 1. The molecule has 0 aliphatic carbocycles. The summed E-state index contributed by atoms with van der Waals surface area (Å²) in [5, 5.41) is 68.1. The number of carbonyl (C=O) groups excluding carboxylic acids is 1. The van der Waals surface area contributed by atoms with Gasteiger partial charge in [0.2, 0.25) is 10.4 Å². The van der Waals surface area contributed by atoms with E-state index >= 15 is 0 Å². The van der Waals surface area contributed by atoms with Gasteiger partial charge < -0.3 is 73.3 Å². The molecule has 21 heteroatoms. The number of ether oxygens (including phenoxy) is 7. The lowest BCUT2D eigenvalue weighted by Crippen LogP contribution is -2.64. The van der Waals surface area contributed by atoms with Crippen molar-refractivity contribution in [2.75, 3.05) is 13.2 Å². The third-order valence-corrected chi connectivity index (χ3v) is 8.91. The topological polar surface area (TPSA) is 291 Å². The number of rotatable bonds is 13. The molecule has 17 atom stereocenters. The maximum atomic E-state index is 11.4. The molecule has 0 aromatic carbocycles. The van der Waals surface area contributed by atoms with Crippen LogP contribution in [0.5, 0.6) is 0 Å². The Morgan fingerprint density at radius 1 is 0.783 bits per heavy atom. The molecule has 0 radical (unpaired) electrons. The summed E-state index contributed by atoms with van der Waals surface area (Å²) in [5.74, 6) is -0.610. The molecule has 268 valence electrons. The summed E-state index contributed by atoms with van der Waals surface area (Å²) < 4.78 is 77.8. The van der Waals surface area contributed by atoms with E-state index in [0.717, 1.165) is 0 Å². The highest BCUT2D eigenvalue weighted by Gasteiger charge is 2.53. The SMILES string of the molecule is CCC1COC(OC2C(C)OC(OC3COC(OC4C(CC)OC(C=O)C4O)C(O)C3O)C(OO[O-])C2O)C(OS(=O)(=O)[O-])C1O. The zero-order chi connectivity index (χ0) is 33.9. The minimum Gasteiger partial charge on any atom is -0.726 e. The van der Waals surface area contributed by atoms with Crippen LogP contribution in [-0.2, 0) is 62.5 Å². The van der Waals surface area contributed by atoms with Crippen molar-refractivity contribution in [3.63, 3.8) is 0 Å². The van der Waals surface area contributed by atoms with Crippen molar-refractivity contribution in [3.05, 3.63) is 0 Å². The molecule has 4 rings (SSSR count). The molecule has 0 bridgehead atoms.